The van der Waals surface area contributed by atoms with E-state index in [4.69, 9.17) is 5.73 Å². The predicted octanol–water partition coefficient (Wildman–Crippen LogP) is 2.87. The van der Waals surface area contributed by atoms with E-state index in [9.17, 15) is 0 Å². The van der Waals surface area contributed by atoms with Crippen LogP contribution in [0.15, 0.2) is 61.1 Å². The van der Waals surface area contributed by atoms with E-state index in [-0.39, 0.29) is 6.04 Å². The molecule has 3 aromatic rings. The van der Waals surface area contributed by atoms with Gasteiger partial charge in [-0.25, -0.2) is 0 Å². The molecule has 0 amide bonds. The predicted molar refractivity (Wildman–Crippen MR) is 76.6 cm³/mol. The molecule has 0 spiro atoms. The molecule has 0 aliphatic heterocycles. The van der Waals surface area contributed by atoms with E-state index in [0.29, 0.717) is 0 Å². The zero-order valence-corrected chi connectivity index (χ0v) is 10.5. The molecule has 0 radical (unpaired) electrons. The largest absolute Gasteiger partial charge is 0.322 e. The van der Waals surface area contributed by atoms with Crippen LogP contribution in [0.1, 0.15) is 17.3 Å². The summed E-state index contributed by atoms with van der Waals surface area (Å²) in [6.45, 7) is 0. The molecule has 2 aromatic carbocycles. The van der Waals surface area contributed by atoms with Gasteiger partial charge in [-0.2, -0.15) is 0 Å². The second kappa shape index (κ2) is 5.16. The van der Waals surface area contributed by atoms with E-state index in [1.54, 1.807) is 18.6 Å². The lowest BCUT2D eigenvalue weighted by molar-refractivity contribution is 0.692. The van der Waals surface area contributed by atoms with Crippen LogP contribution in [-0.2, 0) is 6.42 Å². The maximum atomic E-state index is 6.17. The lowest BCUT2D eigenvalue weighted by Gasteiger charge is -2.11. The average Bonchev–Trinajstić information content (AvgIpc) is 2.48. The first-order chi connectivity index (χ1) is 9.33. The van der Waals surface area contributed by atoms with Crippen molar-refractivity contribution in [3.8, 4) is 0 Å². The first-order valence-electron chi connectivity index (χ1n) is 6.32. The number of hydrogen-bond acceptors (Lipinski definition) is 3. The molecule has 2 N–H and O–H groups in total. The third-order valence-corrected chi connectivity index (χ3v) is 3.23. The Balaban J connectivity index is 1.85. The van der Waals surface area contributed by atoms with Crippen LogP contribution in [0.2, 0.25) is 0 Å². The quantitative estimate of drug-likeness (QED) is 0.776. The van der Waals surface area contributed by atoms with E-state index in [1.807, 2.05) is 6.07 Å². The Hall–Kier alpha value is -2.26. The van der Waals surface area contributed by atoms with Crippen LogP contribution in [-0.4, -0.2) is 9.97 Å². The van der Waals surface area contributed by atoms with Crippen LogP contribution in [0.5, 0.6) is 0 Å². The van der Waals surface area contributed by atoms with Gasteiger partial charge in [0, 0.05) is 18.6 Å². The first-order valence-corrected chi connectivity index (χ1v) is 6.32. The molecule has 1 unspecified atom stereocenters. The zero-order valence-electron chi connectivity index (χ0n) is 10.5. The highest BCUT2D eigenvalue weighted by Crippen LogP contribution is 2.19. The first kappa shape index (κ1) is 11.8. The van der Waals surface area contributed by atoms with Crippen LogP contribution in [0, 0.1) is 0 Å². The molecule has 0 saturated carbocycles. The Morgan fingerprint density at radius 3 is 2.63 bits per heavy atom. The molecule has 0 fully saturated rings. The third-order valence-electron chi connectivity index (χ3n) is 3.23. The summed E-state index contributed by atoms with van der Waals surface area (Å²) in [5, 5.41) is 2.49. The minimum Gasteiger partial charge on any atom is -0.322 e. The van der Waals surface area contributed by atoms with Crippen LogP contribution in [0.4, 0.5) is 0 Å². The molecular formula is C16H15N3. The van der Waals surface area contributed by atoms with Gasteiger partial charge in [0.15, 0.2) is 0 Å². The van der Waals surface area contributed by atoms with Gasteiger partial charge in [-0.1, -0.05) is 42.5 Å². The number of fused-ring (bicyclic) bond motifs is 1. The molecule has 3 nitrogen and oxygen atoms in total. The lowest BCUT2D eigenvalue weighted by atomic mass is 10.0. The van der Waals surface area contributed by atoms with Gasteiger partial charge in [0.1, 0.15) is 0 Å². The second-order valence-corrected chi connectivity index (χ2v) is 4.62. The molecule has 0 aliphatic rings. The fourth-order valence-electron chi connectivity index (χ4n) is 2.23. The summed E-state index contributed by atoms with van der Waals surface area (Å²) in [7, 11) is 0. The Kier molecular flexibility index (Phi) is 3.21. The van der Waals surface area contributed by atoms with Crippen LogP contribution < -0.4 is 5.73 Å². The summed E-state index contributed by atoms with van der Waals surface area (Å²) >= 11 is 0. The smallest absolute Gasteiger partial charge is 0.0757 e. The van der Waals surface area contributed by atoms with Crippen molar-refractivity contribution in [3.05, 3.63) is 72.3 Å². The van der Waals surface area contributed by atoms with Crippen molar-refractivity contribution in [2.75, 3.05) is 0 Å². The zero-order chi connectivity index (χ0) is 13.1. The van der Waals surface area contributed by atoms with E-state index < -0.39 is 0 Å². The van der Waals surface area contributed by atoms with Gasteiger partial charge in [0.05, 0.1) is 11.7 Å². The standard InChI is InChI=1S/C16H15N3/c17-15(16-11-18-7-8-19-16)10-12-5-6-13-3-1-2-4-14(13)9-12/h1-9,11,15H,10,17H2. The Labute approximate surface area is 112 Å². The number of benzene rings is 2. The van der Waals surface area contributed by atoms with E-state index in [2.05, 4.69) is 46.4 Å². The van der Waals surface area contributed by atoms with Crippen molar-refractivity contribution < 1.29 is 0 Å². The maximum absolute atomic E-state index is 6.17. The molecule has 1 atom stereocenters. The molecule has 0 saturated heterocycles. The normalized spacial score (nSPS) is 12.5. The summed E-state index contributed by atoms with van der Waals surface area (Å²) in [5.41, 5.74) is 8.22. The fourth-order valence-corrected chi connectivity index (χ4v) is 2.23. The number of hydrogen-bond donors (Lipinski definition) is 1. The Bertz CT molecular complexity index is 680. The summed E-state index contributed by atoms with van der Waals surface area (Å²) in [6.07, 6.45) is 5.83. The van der Waals surface area contributed by atoms with Gasteiger partial charge >= 0.3 is 0 Å². The molecule has 19 heavy (non-hydrogen) atoms. The van der Waals surface area contributed by atoms with Gasteiger partial charge in [0.2, 0.25) is 0 Å². The molecule has 3 rings (SSSR count). The van der Waals surface area contributed by atoms with E-state index in [1.165, 1.54) is 16.3 Å². The van der Waals surface area contributed by atoms with Crippen LogP contribution in [0.3, 0.4) is 0 Å². The Morgan fingerprint density at radius 1 is 1.00 bits per heavy atom. The molecule has 94 valence electrons. The maximum Gasteiger partial charge on any atom is 0.0757 e. The van der Waals surface area contributed by atoms with Crippen molar-refractivity contribution in [3.63, 3.8) is 0 Å². The summed E-state index contributed by atoms with van der Waals surface area (Å²) in [6, 6.07) is 14.7. The second-order valence-electron chi connectivity index (χ2n) is 4.62. The van der Waals surface area contributed by atoms with Gasteiger partial charge in [-0.15, -0.1) is 0 Å². The van der Waals surface area contributed by atoms with Crippen molar-refractivity contribution >= 4 is 10.8 Å². The monoisotopic (exact) mass is 249 g/mol. The van der Waals surface area contributed by atoms with Gasteiger partial charge in [0.25, 0.3) is 0 Å². The highest BCUT2D eigenvalue weighted by molar-refractivity contribution is 5.82. The SMILES string of the molecule is NC(Cc1ccc2ccccc2c1)c1cnccn1. The van der Waals surface area contributed by atoms with Gasteiger partial charge in [-0.3, -0.25) is 9.97 Å². The summed E-state index contributed by atoms with van der Waals surface area (Å²) in [5.74, 6) is 0. The van der Waals surface area contributed by atoms with Crippen molar-refractivity contribution in [1.82, 2.24) is 9.97 Å². The molecule has 0 aliphatic carbocycles. The highest BCUT2D eigenvalue weighted by Gasteiger charge is 2.08. The number of rotatable bonds is 3. The minimum absolute atomic E-state index is 0.116. The topological polar surface area (TPSA) is 51.8 Å². The van der Waals surface area contributed by atoms with Crippen molar-refractivity contribution in [2.24, 2.45) is 5.73 Å². The summed E-state index contributed by atoms with van der Waals surface area (Å²) in [4.78, 5) is 8.30. The average molecular weight is 249 g/mol. The molecule has 1 heterocycles. The van der Waals surface area contributed by atoms with Crippen LogP contribution in [0.25, 0.3) is 10.8 Å². The molecule has 1 aromatic heterocycles. The van der Waals surface area contributed by atoms with Crippen LogP contribution >= 0.6 is 0 Å². The van der Waals surface area contributed by atoms with Gasteiger partial charge in [-0.05, 0) is 22.8 Å². The number of nitrogens with zero attached hydrogens (tertiary/aromatic N) is 2. The number of nitrogens with two attached hydrogens (primary N) is 1. The number of aromatic nitrogens is 2. The molecular weight excluding hydrogens is 234 g/mol. The fraction of sp³-hybridized carbons (Fsp3) is 0.125. The Morgan fingerprint density at radius 2 is 1.84 bits per heavy atom. The lowest BCUT2D eigenvalue weighted by Crippen LogP contribution is -2.15. The third kappa shape index (κ3) is 2.61. The van der Waals surface area contributed by atoms with Crippen molar-refractivity contribution in [1.29, 1.82) is 0 Å². The van der Waals surface area contributed by atoms with Crippen molar-refractivity contribution in [2.45, 2.75) is 12.5 Å². The highest BCUT2D eigenvalue weighted by atomic mass is 14.8. The summed E-state index contributed by atoms with van der Waals surface area (Å²) < 4.78 is 0. The minimum atomic E-state index is -0.116. The molecule has 3 heteroatoms. The van der Waals surface area contributed by atoms with Gasteiger partial charge < -0.3 is 5.73 Å². The van der Waals surface area contributed by atoms with E-state index >= 15 is 0 Å². The van der Waals surface area contributed by atoms with E-state index in [0.717, 1.165) is 12.1 Å². The molecule has 0 bridgehead atoms.